The lowest BCUT2D eigenvalue weighted by atomic mass is 9.89. The predicted octanol–water partition coefficient (Wildman–Crippen LogP) is 3.84. The minimum atomic E-state index is 0.838. The van der Waals surface area contributed by atoms with Crippen molar-refractivity contribution in [2.45, 2.75) is 20.3 Å². The number of piperidine rings is 1. The van der Waals surface area contributed by atoms with E-state index >= 15 is 0 Å². The van der Waals surface area contributed by atoms with Crippen LogP contribution < -0.4 is 5.32 Å². The van der Waals surface area contributed by atoms with Gasteiger partial charge in [0, 0.05) is 29.8 Å². The number of hydrogen-bond acceptors (Lipinski definition) is 2. The molecule has 1 saturated heterocycles. The first-order valence-electron chi connectivity index (χ1n) is 6.87. The summed E-state index contributed by atoms with van der Waals surface area (Å²) >= 11 is 3.49. The fraction of sp³-hybridized carbons (Fsp3) is 0.600. The molecule has 1 fully saturated rings. The number of nitrogens with zero attached hydrogens (tertiary/aromatic N) is 1. The van der Waals surface area contributed by atoms with Gasteiger partial charge in [0.2, 0.25) is 0 Å². The number of benzene rings is 1. The van der Waals surface area contributed by atoms with Crippen molar-refractivity contribution >= 4 is 21.6 Å². The van der Waals surface area contributed by atoms with E-state index in [9.17, 15) is 0 Å². The summed E-state index contributed by atoms with van der Waals surface area (Å²) < 4.78 is 1.13. The third-order valence-electron chi connectivity index (χ3n) is 4.00. The van der Waals surface area contributed by atoms with Crippen LogP contribution in [-0.2, 0) is 0 Å². The van der Waals surface area contributed by atoms with Gasteiger partial charge in [0.25, 0.3) is 0 Å². The molecule has 0 aliphatic carbocycles. The Hall–Kier alpha value is -0.540. The molecule has 2 nitrogen and oxygen atoms in total. The molecule has 0 aromatic heterocycles. The van der Waals surface area contributed by atoms with E-state index in [1.807, 2.05) is 0 Å². The SMILES string of the molecule is CC1CCN(CCNc2cccc(Br)c2)CC1C. The van der Waals surface area contributed by atoms with Crippen LogP contribution in [0.5, 0.6) is 0 Å². The quantitative estimate of drug-likeness (QED) is 0.909. The zero-order valence-electron chi connectivity index (χ0n) is 11.3. The average molecular weight is 311 g/mol. The summed E-state index contributed by atoms with van der Waals surface area (Å²) in [5.41, 5.74) is 1.20. The zero-order chi connectivity index (χ0) is 13.0. The summed E-state index contributed by atoms with van der Waals surface area (Å²) in [6.07, 6.45) is 1.35. The van der Waals surface area contributed by atoms with Crippen LogP contribution in [0, 0.1) is 11.8 Å². The fourth-order valence-corrected chi connectivity index (χ4v) is 2.91. The Balaban J connectivity index is 1.72. The van der Waals surface area contributed by atoms with Crippen molar-refractivity contribution in [3.63, 3.8) is 0 Å². The van der Waals surface area contributed by atoms with E-state index in [4.69, 9.17) is 0 Å². The van der Waals surface area contributed by atoms with Gasteiger partial charge in [-0.3, -0.25) is 0 Å². The van der Waals surface area contributed by atoms with E-state index in [2.05, 4.69) is 64.3 Å². The fourth-order valence-electron chi connectivity index (χ4n) is 2.51. The summed E-state index contributed by atoms with van der Waals surface area (Å²) in [5, 5.41) is 3.49. The molecule has 0 saturated carbocycles. The normalized spacial score (nSPS) is 25.1. The molecule has 18 heavy (non-hydrogen) atoms. The van der Waals surface area contributed by atoms with Crippen LogP contribution in [0.25, 0.3) is 0 Å². The van der Waals surface area contributed by atoms with Crippen LogP contribution in [0.1, 0.15) is 20.3 Å². The molecule has 1 heterocycles. The largest absolute Gasteiger partial charge is 0.384 e. The molecule has 0 radical (unpaired) electrons. The Bertz CT molecular complexity index is 381. The highest BCUT2D eigenvalue weighted by molar-refractivity contribution is 9.10. The van der Waals surface area contributed by atoms with E-state index in [1.54, 1.807) is 0 Å². The summed E-state index contributed by atoms with van der Waals surface area (Å²) in [6.45, 7) is 9.43. The van der Waals surface area contributed by atoms with Crippen LogP contribution in [-0.4, -0.2) is 31.1 Å². The number of likely N-dealkylation sites (tertiary alicyclic amines) is 1. The van der Waals surface area contributed by atoms with Gasteiger partial charge in [-0.2, -0.15) is 0 Å². The molecular formula is C15H23BrN2. The minimum absolute atomic E-state index is 0.838. The lowest BCUT2D eigenvalue weighted by Crippen LogP contribution is -2.40. The summed E-state index contributed by atoms with van der Waals surface area (Å²) in [5.74, 6) is 1.73. The molecule has 1 N–H and O–H groups in total. The molecule has 1 aromatic carbocycles. The van der Waals surface area contributed by atoms with Gasteiger partial charge >= 0.3 is 0 Å². The van der Waals surface area contributed by atoms with Gasteiger partial charge in [-0.1, -0.05) is 35.8 Å². The first-order chi connectivity index (χ1) is 8.65. The Morgan fingerprint density at radius 3 is 2.89 bits per heavy atom. The Labute approximate surface area is 119 Å². The maximum atomic E-state index is 3.49. The van der Waals surface area contributed by atoms with Crippen molar-refractivity contribution in [3.05, 3.63) is 28.7 Å². The zero-order valence-corrected chi connectivity index (χ0v) is 12.9. The van der Waals surface area contributed by atoms with E-state index in [-0.39, 0.29) is 0 Å². The molecule has 0 amide bonds. The number of nitrogens with one attached hydrogen (secondary N) is 1. The highest BCUT2D eigenvalue weighted by Crippen LogP contribution is 2.22. The van der Waals surface area contributed by atoms with Crippen molar-refractivity contribution in [2.24, 2.45) is 11.8 Å². The standard InChI is InChI=1S/C15H23BrN2/c1-12-6-8-18(11-13(12)2)9-7-17-15-5-3-4-14(16)10-15/h3-5,10,12-13,17H,6-9,11H2,1-2H3. The second-order valence-corrected chi connectivity index (χ2v) is 6.40. The molecule has 1 aromatic rings. The second-order valence-electron chi connectivity index (χ2n) is 5.48. The third kappa shape index (κ3) is 3.99. The van der Waals surface area contributed by atoms with E-state index in [0.29, 0.717) is 0 Å². The molecule has 1 aliphatic rings. The van der Waals surface area contributed by atoms with E-state index in [0.717, 1.165) is 29.4 Å². The third-order valence-corrected chi connectivity index (χ3v) is 4.49. The van der Waals surface area contributed by atoms with Crippen LogP contribution >= 0.6 is 15.9 Å². The summed E-state index contributed by atoms with van der Waals surface area (Å²) in [6, 6.07) is 8.36. The Morgan fingerprint density at radius 2 is 2.17 bits per heavy atom. The Morgan fingerprint density at radius 1 is 1.33 bits per heavy atom. The van der Waals surface area contributed by atoms with Crippen LogP contribution in [0.3, 0.4) is 0 Å². The summed E-state index contributed by atoms with van der Waals surface area (Å²) in [7, 11) is 0. The van der Waals surface area contributed by atoms with Crippen LogP contribution in [0.4, 0.5) is 5.69 Å². The van der Waals surface area contributed by atoms with Crippen molar-refractivity contribution in [1.29, 1.82) is 0 Å². The van der Waals surface area contributed by atoms with Crippen LogP contribution in [0.15, 0.2) is 28.7 Å². The smallest absolute Gasteiger partial charge is 0.0351 e. The predicted molar refractivity (Wildman–Crippen MR) is 82.0 cm³/mol. The van der Waals surface area contributed by atoms with Gasteiger partial charge in [0.1, 0.15) is 0 Å². The number of hydrogen-bond donors (Lipinski definition) is 1. The van der Waals surface area contributed by atoms with Gasteiger partial charge in [0.05, 0.1) is 0 Å². The van der Waals surface area contributed by atoms with Crippen LogP contribution in [0.2, 0.25) is 0 Å². The summed E-state index contributed by atoms with van der Waals surface area (Å²) in [4.78, 5) is 2.58. The number of halogens is 1. The maximum absolute atomic E-state index is 3.49. The molecule has 0 spiro atoms. The van der Waals surface area contributed by atoms with E-state index in [1.165, 1.54) is 25.2 Å². The molecule has 1 aliphatic heterocycles. The first-order valence-corrected chi connectivity index (χ1v) is 7.66. The highest BCUT2D eigenvalue weighted by Gasteiger charge is 2.21. The maximum Gasteiger partial charge on any atom is 0.0351 e. The topological polar surface area (TPSA) is 15.3 Å². The van der Waals surface area contributed by atoms with Crippen molar-refractivity contribution < 1.29 is 0 Å². The van der Waals surface area contributed by atoms with Gasteiger partial charge in [-0.05, 0) is 43.0 Å². The minimum Gasteiger partial charge on any atom is -0.384 e. The van der Waals surface area contributed by atoms with E-state index < -0.39 is 0 Å². The monoisotopic (exact) mass is 310 g/mol. The molecule has 2 rings (SSSR count). The van der Waals surface area contributed by atoms with Crippen molar-refractivity contribution in [2.75, 3.05) is 31.5 Å². The second kappa shape index (κ2) is 6.58. The molecule has 100 valence electrons. The molecule has 3 heteroatoms. The lowest BCUT2D eigenvalue weighted by molar-refractivity contribution is 0.143. The highest BCUT2D eigenvalue weighted by atomic mass is 79.9. The van der Waals surface area contributed by atoms with Crippen molar-refractivity contribution in [1.82, 2.24) is 4.90 Å². The molecule has 0 bridgehead atoms. The average Bonchev–Trinajstić information content (AvgIpc) is 2.34. The van der Waals surface area contributed by atoms with Gasteiger partial charge in [-0.15, -0.1) is 0 Å². The van der Waals surface area contributed by atoms with Gasteiger partial charge in [0.15, 0.2) is 0 Å². The lowest BCUT2D eigenvalue weighted by Gasteiger charge is -2.35. The number of rotatable bonds is 4. The Kier molecular flexibility index (Phi) is 5.07. The number of anilines is 1. The molecule has 2 unspecified atom stereocenters. The molecular weight excluding hydrogens is 288 g/mol. The van der Waals surface area contributed by atoms with Gasteiger partial charge < -0.3 is 10.2 Å². The molecule has 2 atom stereocenters. The van der Waals surface area contributed by atoms with Crippen molar-refractivity contribution in [3.8, 4) is 0 Å². The first kappa shape index (κ1) is 13.9. The van der Waals surface area contributed by atoms with Gasteiger partial charge in [-0.25, -0.2) is 0 Å².